The molecule has 0 amide bonds. The molecule has 0 aliphatic rings. The number of allylic oxidation sites excluding steroid dienone is 1. The van der Waals surface area contributed by atoms with E-state index in [1.54, 1.807) is 12.3 Å². The number of hydrogen-bond acceptors (Lipinski definition) is 3. The van der Waals surface area contributed by atoms with Crippen molar-refractivity contribution in [1.29, 1.82) is 0 Å². The number of ether oxygens (including phenoxy) is 1. The monoisotopic (exact) mass is 331 g/mol. The molecule has 0 saturated carbocycles. The molecule has 0 unspecified atom stereocenters. The van der Waals surface area contributed by atoms with Crippen LogP contribution in [0, 0.1) is 0 Å². The van der Waals surface area contributed by atoms with Gasteiger partial charge < -0.3 is 9.64 Å². The quantitative estimate of drug-likeness (QED) is 0.485. The Bertz CT molecular complexity index is 898. The lowest BCUT2D eigenvalue weighted by Gasteiger charge is -2.13. The van der Waals surface area contributed by atoms with E-state index in [4.69, 9.17) is 4.74 Å². The number of carbonyl (C=O) groups excluding carboxylic acids is 1. The van der Waals surface area contributed by atoms with E-state index in [-0.39, 0.29) is 5.78 Å². The van der Waals surface area contributed by atoms with Crippen LogP contribution in [0.5, 0.6) is 5.75 Å². The molecule has 0 aliphatic heterocycles. The summed E-state index contributed by atoms with van der Waals surface area (Å²) < 4.78 is 5.99. The molecule has 0 radical (unpaired) electrons. The molecule has 3 aromatic carbocycles. The van der Waals surface area contributed by atoms with Crippen molar-refractivity contribution in [3.63, 3.8) is 0 Å². The van der Waals surface area contributed by atoms with Gasteiger partial charge in [0.1, 0.15) is 12.4 Å². The predicted octanol–water partition coefficient (Wildman–Crippen LogP) is 4.68. The molecule has 0 N–H and O–H groups in total. The summed E-state index contributed by atoms with van der Waals surface area (Å²) in [6.07, 6.45) is 3.34. The zero-order chi connectivity index (χ0) is 17.6. The Morgan fingerprint density at radius 1 is 0.960 bits per heavy atom. The molecule has 0 saturated heterocycles. The fourth-order valence-corrected chi connectivity index (χ4v) is 2.66. The van der Waals surface area contributed by atoms with Gasteiger partial charge in [-0.15, -0.1) is 0 Å². The highest BCUT2D eigenvalue weighted by molar-refractivity contribution is 6.15. The first-order valence-electron chi connectivity index (χ1n) is 8.22. The third-order valence-corrected chi connectivity index (χ3v) is 3.90. The van der Waals surface area contributed by atoms with Gasteiger partial charge in [-0.3, -0.25) is 4.79 Å². The smallest absolute Gasteiger partial charge is 0.191 e. The van der Waals surface area contributed by atoms with E-state index < -0.39 is 0 Å². The molecule has 0 aliphatic carbocycles. The van der Waals surface area contributed by atoms with Crippen LogP contribution < -0.4 is 4.74 Å². The van der Waals surface area contributed by atoms with Crippen molar-refractivity contribution in [2.75, 3.05) is 14.1 Å². The zero-order valence-corrected chi connectivity index (χ0v) is 14.5. The average Bonchev–Trinajstić information content (AvgIpc) is 2.64. The minimum atomic E-state index is -0.0615. The predicted molar refractivity (Wildman–Crippen MR) is 102 cm³/mol. The molecule has 3 rings (SSSR count). The van der Waals surface area contributed by atoms with Crippen LogP contribution in [-0.2, 0) is 6.61 Å². The van der Waals surface area contributed by atoms with E-state index >= 15 is 0 Å². The Kier molecular flexibility index (Phi) is 5.14. The Hall–Kier alpha value is -3.07. The first kappa shape index (κ1) is 16.8. The molecule has 3 heteroatoms. The Labute approximate surface area is 148 Å². The van der Waals surface area contributed by atoms with Gasteiger partial charge in [0.05, 0.1) is 5.56 Å². The van der Waals surface area contributed by atoms with Crippen molar-refractivity contribution in [1.82, 2.24) is 4.90 Å². The van der Waals surface area contributed by atoms with Crippen LogP contribution in [0.25, 0.3) is 10.8 Å². The third-order valence-electron chi connectivity index (χ3n) is 3.90. The van der Waals surface area contributed by atoms with Gasteiger partial charge in [-0.25, -0.2) is 0 Å². The van der Waals surface area contributed by atoms with Crippen LogP contribution in [-0.4, -0.2) is 24.8 Å². The van der Waals surface area contributed by atoms with Gasteiger partial charge in [0.2, 0.25) is 0 Å². The molecule has 3 nitrogen and oxygen atoms in total. The highest BCUT2D eigenvalue weighted by Crippen LogP contribution is 2.29. The highest BCUT2D eigenvalue weighted by Gasteiger charge is 2.15. The summed E-state index contributed by atoms with van der Waals surface area (Å²) in [5.74, 6) is 0.546. The van der Waals surface area contributed by atoms with Crippen LogP contribution in [0.1, 0.15) is 15.9 Å². The zero-order valence-electron chi connectivity index (χ0n) is 14.5. The summed E-state index contributed by atoms with van der Waals surface area (Å²) in [7, 11) is 3.78. The van der Waals surface area contributed by atoms with Crippen molar-refractivity contribution in [3.8, 4) is 5.75 Å². The SMILES string of the molecule is CN(C)C=CC(=O)c1c(OCc2ccccc2)ccc2ccccc12. The summed E-state index contributed by atoms with van der Waals surface area (Å²) in [5, 5.41) is 1.93. The molecule has 25 heavy (non-hydrogen) atoms. The Morgan fingerprint density at radius 3 is 2.44 bits per heavy atom. The minimum absolute atomic E-state index is 0.0615. The van der Waals surface area contributed by atoms with Crippen molar-refractivity contribution in [2.45, 2.75) is 6.61 Å². The summed E-state index contributed by atoms with van der Waals surface area (Å²) in [6, 6.07) is 21.7. The van der Waals surface area contributed by atoms with Crippen molar-refractivity contribution < 1.29 is 9.53 Å². The maximum absolute atomic E-state index is 12.8. The molecule has 0 aromatic heterocycles. The number of nitrogens with zero attached hydrogens (tertiary/aromatic N) is 1. The number of hydrogen-bond donors (Lipinski definition) is 0. The van der Waals surface area contributed by atoms with Crippen molar-refractivity contribution in [2.24, 2.45) is 0 Å². The molecule has 0 heterocycles. The number of rotatable bonds is 6. The van der Waals surface area contributed by atoms with E-state index in [2.05, 4.69) is 0 Å². The maximum atomic E-state index is 12.8. The summed E-state index contributed by atoms with van der Waals surface area (Å²) in [4.78, 5) is 14.6. The van der Waals surface area contributed by atoms with E-state index in [0.29, 0.717) is 17.9 Å². The topological polar surface area (TPSA) is 29.5 Å². The standard InChI is InChI=1S/C22H21NO2/c1-23(2)15-14-20(24)22-19-11-7-6-10-18(19)12-13-21(22)25-16-17-8-4-3-5-9-17/h3-15H,16H2,1-2H3. The average molecular weight is 331 g/mol. The minimum Gasteiger partial charge on any atom is -0.488 e. The van der Waals surface area contributed by atoms with Gasteiger partial charge in [0, 0.05) is 26.4 Å². The van der Waals surface area contributed by atoms with Crippen LogP contribution in [0.15, 0.2) is 79.0 Å². The summed E-state index contributed by atoms with van der Waals surface area (Å²) in [5.41, 5.74) is 1.67. The van der Waals surface area contributed by atoms with Gasteiger partial charge in [0.25, 0.3) is 0 Å². The molecular formula is C22H21NO2. The second-order valence-electron chi connectivity index (χ2n) is 6.08. The maximum Gasteiger partial charge on any atom is 0.191 e. The molecule has 3 aromatic rings. The van der Waals surface area contributed by atoms with E-state index in [0.717, 1.165) is 16.3 Å². The van der Waals surface area contributed by atoms with Gasteiger partial charge in [-0.1, -0.05) is 60.7 Å². The molecule has 126 valence electrons. The highest BCUT2D eigenvalue weighted by atomic mass is 16.5. The molecule has 0 bridgehead atoms. The second kappa shape index (κ2) is 7.67. The van der Waals surface area contributed by atoms with Crippen LogP contribution in [0.3, 0.4) is 0 Å². The number of carbonyl (C=O) groups is 1. The number of ketones is 1. The van der Waals surface area contributed by atoms with Gasteiger partial charge in [-0.05, 0) is 22.4 Å². The first-order valence-corrected chi connectivity index (χ1v) is 8.22. The summed E-state index contributed by atoms with van der Waals surface area (Å²) >= 11 is 0. The van der Waals surface area contributed by atoms with Crippen LogP contribution >= 0.6 is 0 Å². The van der Waals surface area contributed by atoms with E-state index in [1.807, 2.05) is 85.7 Å². The van der Waals surface area contributed by atoms with Crippen molar-refractivity contribution in [3.05, 3.63) is 90.1 Å². The number of fused-ring (bicyclic) bond motifs is 1. The molecular weight excluding hydrogens is 310 g/mol. The third kappa shape index (κ3) is 4.07. The Balaban J connectivity index is 1.99. The normalized spacial score (nSPS) is 11.0. The lowest BCUT2D eigenvalue weighted by Crippen LogP contribution is -2.06. The fraction of sp³-hybridized carbons (Fsp3) is 0.136. The van der Waals surface area contributed by atoms with E-state index in [1.165, 1.54) is 0 Å². The number of benzene rings is 3. The van der Waals surface area contributed by atoms with Crippen LogP contribution in [0.2, 0.25) is 0 Å². The largest absolute Gasteiger partial charge is 0.488 e. The van der Waals surface area contributed by atoms with Crippen LogP contribution in [0.4, 0.5) is 0 Å². The van der Waals surface area contributed by atoms with Crippen molar-refractivity contribution >= 4 is 16.6 Å². The lowest BCUT2D eigenvalue weighted by atomic mass is 10.00. The fourth-order valence-electron chi connectivity index (χ4n) is 2.66. The van der Waals surface area contributed by atoms with Gasteiger partial charge >= 0.3 is 0 Å². The van der Waals surface area contributed by atoms with Gasteiger partial charge in [0.15, 0.2) is 5.78 Å². The summed E-state index contributed by atoms with van der Waals surface area (Å²) in [6.45, 7) is 0.427. The lowest BCUT2D eigenvalue weighted by molar-refractivity contribution is 0.104. The van der Waals surface area contributed by atoms with E-state index in [9.17, 15) is 4.79 Å². The molecule has 0 atom stereocenters. The first-order chi connectivity index (χ1) is 12.1. The molecule has 0 spiro atoms. The molecule has 0 fully saturated rings. The Morgan fingerprint density at radius 2 is 1.68 bits per heavy atom. The second-order valence-corrected chi connectivity index (χ2v) is 6.08. The van der Waals surface area contributed by atoms with Gasteiger partial charge in [-0.2, -0.15) is 0 Å².